The van der Waals surface area contributed by atoms with Crippen LogP contribution in [0.4, 0.5) is 0 Å². The summed E-state index contributed by atoms with van der Waals surface area (Å²) in [7, 11) is 0. The van der Waals surface area contributed by atoms with E-state index in [2.05, 4.69) is 186 Å². The minimum Gasteiger partial charge on any atom is -0.165 e. The molecule has 2 aliphatic carbocycles. The molecule has 0 radical (unpaired) electrons. The standard InChI is InChI=1S/C49H36N2/c1-2-24-50-31-39-13-9-10-25-51(39)48(50)33-20-18-32(19-21-33)36-22-23-37-28-43-42-27-34-11-3-4-12-35(34)29-46(42)49(47(43)30-38(37)26-36)44-16-7-5-14-40(44)41-15-6-8-17-45(41)49/h3-23,25-31,48H,2,24H2,1H3/q+2. The maximum atomic E-state index is 2.51. The lowest BCUT2D eigenvalue weighted by Gasteiger charge is -2.30. The highest BCUT2D eigenvalue weighted by Crippen LogP contribution is 2.63. The molecule has 51 heavy (non-hydrogen) atoms. The molecule has 8 aromatic rings. The summed E-state index contributed by atoms with van der Waals surface area (Å²) >= 11 is 0. The van der Waals surface area contributed by atoms with Crippen LogP contribution in [0.1, 0.15) is 53.0 Å². The first-order valence-corrected chi connectivity index (χ1v) is 18.2. The van der Waals surface area contributed by atoms with Crippen molar-refractivity contribution in [2.75, 3.05) is 6.54 Å². The average molecular weight is 653 g/mol. The fourth-order valence-electron chi connectivity index (χ4n) is 9.59. The molecule has 0 saturated heterocycles. The SMILES string of the molecule is CCC[N+]1=Cc2cccc[n+]2C1c1ccc(-c2ccc3cc4c(cc3c2)C2(c3ccccc3-c3ccccc32)c2cc3ccccc3cc2-4)cc1. The van der Waals surface area contributed by atoms with Gasteiger partial charge < -0.3 is 0 Å². The lowest BCUT2D eigenvalue weighted by Crippen LogP contribution is -2.43. The van der Waals surface area contributed by atoms with Gasteiger partial charge in [0, 0.05) is 18.6 Å². The molecule has 1 aliphatic heterocycles. The van der Waals surface area contributed by atoms with Crippen LogP contribution < -0.4 is 4.57 Å². The molecule has 0 saturated carbocycles. The monoisotopic (exact) mass is 652 g/mol. The Bertz CT molecular complexity index is 2720. The summed E-state index contributed by atoms with van der Waals surface area (Å²) in [5.74, 6) is 0. The predicted molar refractivity (Wildman–Crippen MR) is 209 cm³/mol. The van der Waals surface area contributed by atoms with Crippen molar-refractivity contribution in [2.45, 2.75) is 24.9 Å². The van der Waals surface area contributed by atoms with Gasteiger partial charge in [-0.2, -0.15) is 4.58 Å². The summed E-state index contributed by atoms with van der Waals surface area (Å²) in [6.07, 6.45) is 5.80. The van der Waals surface area contributed by atoms with E-state index in [1.54, 1.807) is 0 Å². The van der Waals surface area contributed by atoms with E-state index in [0.717, 1.165) is 13.0 Å². The van der Waals surface area contributed by atoms with Gasteiger partial charge in [0.15, 0.2) is 6.20 Å². The van der Waals surface area contributed by atoms with Gasteiger partial charge in [-0.25, -0.2) is 0 Å². The van der Waals surface area contributed by atoms with Crippen LogP contribution in [0.2, 0.25) is 0 Å². The third kappa shape index (κ3) is 3.93. The van der Waals surface area contributed by atoms with E-state index in [-0.39, 0.29) is 11.6 Å². The van der Waals surface area contributed by atoms with Crippen LogP contribution >= 0.6 is 0 Å². The molecule has 2 nitrogen and oxygen atoms in total. The topological polar surface area (TPSA) is 6.89 Å². The molecular weight excluding hydrogens is 617 g/mol. The molecule has 0 amide bonds. The van der Waals surface area contributed by atoms with E-state index in [1.807, 2.05) is 0 Å². The second-order valence-corrected chi connectivity index (χ2v) is 14.4. The van der Waals surface area contributed by atoms with Gasteiger partial charge in [-0.15, -0.1) is 4.57 Å². The Morgan fingerprint density at radius 1 is 0.490 bits per heavy atom. The first-order chi connectivity index (χ1) is 25.2. The number of pyridine rings is 1. The van der Waals surface area contributed by atoms with Gasteiger partial charge in [0.2, 0.25) is 6.21 Å². The van der Waals surface area contributed by atoms with Gasteiger partial charge in [0.25, 0.3) is 5.69 Å². The molecule has 11 rings (SSSR count). The van der Waals surface area contributed by atoms with Crippen LogP contribution in [0.15, 0.2) is 164 Å². The number of aromatic nitrogens is 1. The van der Waals surface area contributed by atoms with Gasteiger partial charge in [0.1, 0.15) is 6.54 Å². The van der Waals surface area contributed by atoms with Crippen molar-refractivity contribution in [3.63, 3.8) is 0 Å². The molecule has 2 heteroatoms. The highest BCUT2D eigenvalue weighted by atomic mass is 15.3. The second-order valence-electron chi connectivity index (χ2n) is 14.4. The molecule has 1 aromatic heterocycles. The molecular formula is C49H36N2+2. The lowest BCUT2D eigenvalue weighted by atomic mass is 9.70. The van der Waals surface area contributed by atoms with Crippen LogP contribution in [0, 0.1) is 0 Å². The van der Waals surface area contributed by atoms with Crippen molar-refractivity contribution in [1.82, 2.24) is 0 Å². The van der Waals surface area contributed by atoms with Gasteiger partial charge in [-0.05, 0) is 126 Å². The third-order valence-electron chi connectivity index (χ3n) is 11.7. The summed E-state index contributed by atoms with van der Waals surface area (Å²) < 4.78 is 4.86. The Morgan fingerprint density at radius 3 is 1.78 bits per heavy atom. The van der Waals surface area contributed by atoms with Crippen LogP contribution in [0.25, 0.3) is 54.9 Å². The van der Waals surface area contributed by atoms with E-state index in [4.69, 9.17) is 0 Å². The predicted octanol–water partition coefficient (Wildman–Crippen LogP) is 10.7. The van der Waals surface area contributed by atoms with Gasteiger partial charge in [0.05, 0.1) is 11.0 Å². The molecule has 1 spiro atoms. The molecule has 0 bridgehead atoms. The number of nitrogens with zero attached hydrogens (tertiary/aromatic N) is 2. The molecule has 1 unspecified atom stereocenters. The van der Waals surface area contributed by atoms with Crippen molar-refractivity contribution in [1.29, 1.82) is 0 Å². The molecule has 3 aliphatic rings. The summed E-state index contributed by atoms with van der Waals surface area (Å²) in [5, 5.41) is 5.12. The summed E-state index contributed by atoms with van der Waals surface area (Å²) in [6.45, 7) is 3.28. The fourth-order valence-corrected chi connectivity index (χ4v) is 9.59. The minimum absolute atomic E-state index is 0.182. The van der Waals surface area contributed by atoms with E-state index in [0.29, 0.717) is 0 Å². The highest BCUT2D eigenvalue weighted by molar-refractivity contribution is 6.03. The second kappa shape index (κ2) is 10.7. The quantitative estimate of drug-likeness (QED) is 0.167. The van der Waals surface area contributed by atoms with E-state index < -0.39 is 0 Å². The Kier molecular flexibility index (Phi) is 6.01. The smallest absolute Gasteiger partial charge is 0.165 e. The first kappa shape index (κ1) is 28.7. The van der Waals surface area contributed by atoms with Crippen molar-refractivity contribution < 1.29 is 9.14 Å². The Morgan fingerprint density at radius 2 is 1.08 bits per heavy atom. The number of fused-ring (bicyclic) bond motifs is 13. The van der Waals surface area contributed by atoms with Crippen molar-refractivity contribution >= 4 is 27.8 Å². The number of hydrogen-bond acceptors (Lipinski definition) is 0. The normalized spacial score (nSPS) is 15.8. The average Bonchev–Trinajstić information content (AvgIpc) is 3.79. The Labute approximate surface area is 298 Å². The number of benzene rings is 7. The van der Waals surface area contributed by atoms with E-state index >= 15 is 0 Å². The van der Waals surface area contributed by atoms with Crippen molar-refractivity contribution in [3.8, 4) is 33.4 Å². The van der Waals surface area contributed by atoms with E-state index in [1.165, 1.54) is 88.4 Å². The fraction of sp³-hybridized carbons (Fsp3) is 0.102. The molecule has 0 fully saturated rings. The lowest BCUT2D eigenvalue weighted by molar-refractivity contribution is -0.851. The van der Waals surface area contributed by atoms with Crippen LogP contribution in [-0.4, -0.2) is 17.3 Å². The zero-order chi connectivity index (χ0) is 33.7. The summed E-state index contributed by atoms with van der Waals surface area (Å²) in [5.41, 5.74) is 15.6. The molecule has 0 N–H and O–H groups in total. The van der Waals surface area contributed by atoms with E-state index in [9.17, 15) is 0 Å². The number of rotatable bonds is 4. The van der Waals surface area contributed by atoms with Crippen LogP contribution in [-0.2, 0) is 5.41 Å². The molecule has 1 atom stereocenters. The maximum absolute atomic E-state index is 2.51. The van der Waals surface area contributed by atoms with Crippen molar-refractivity contribution in [2.24, 2.45) is 0 Å². The minimum atomic E-state index is -0.371. The van der Waals surface area contributed by atoms with Gasteiger partial charge in [-0.1, -0.05) is 104 Å². The first-order valence-electron chi connectivity index (χ1n) is 18.2. The van der Waals surface area contributed by atoms with Gasteiger partial charge in [-0.3, -0.25) is 0 Å². The molecule has 2 heterocycles. The number of hydrogen-bond donors (Lipinski definition) is 0. The van der Waals surface area contributed by atoms with Crippen LogP contribution in [0.5, 0.6) is 0 Å². The molecule has 7 aromatic carbocycles. The Hall–Kier alpha value is -6.12. The summed E-state index contributed by atoms with van der Waals surface area (Å²) in [4.78, 5) is 0. The zero-order valence-corrected chi connectivity index (χ0v) is 28.6. The van der Waals surface area contributed by atoms with Crippen molar-refractivity contribution in [3.05, 3.63) is 197 Å². The molecule has 240 valence electrons. The largest absolute Gasteiger partial charge is 0.375 e. The maximum Gasteiger partial charge on any atom is 0.375 e. The Balaban J connectivity index is 1.08. The van der Waals surface area contributed by atoms with Crippen LogP contribution in [0.3, 0.4) is 0 Å². The van der Waals surface area contributed by atoms with Gasteiger partial charge >= 0.3 is 6.17 Å². The highest BCUT2D eigenvalue weighted by Gasteiger charge is 2.51. The third-order valence-corrected chi connectivity index (χ3v) is 11.7. The summed E-state index contributed by atoms with van der Waals surface area (Å²) in [6, 6.07) is 59.6. The zero-order valence-electron chi connectivity index (χ0n) is 28.6.